The molecule has 6 nitrogen and oxygen atoms in total. The standard InChI is InChI=1S/C24H23FN4O2/c1-14-11-17-8-10-29(22-19(25)5-4-9-27-22)24(31)21(17)15(2)18(14)12-16-6-7-20(28-13-16)23(30)26-3/h4-7,9,11,13H,8,10,12H2,1-3H3,(H,26,30). The molecule has 31 heavy (non-hydrogen) atoms. The average Bonchev–Trinajstić information content (AvgIpc) is 2.77. The summed E-state index contributed by atoms with van der Waals surface area (Å²) in [7, 11) is 1.56. The smallest absolute Gasteiger partial charge is 0.269 e. The van der Waals surface area contributed by atoms with Gasteiger partial charge in [0, 0.05) is 31.5 Å². The van der Waals surface area contributed by atoms with Crippen molar-refractivity contribution in [2.45, 2.75) is 26.7 Å². The van der Waals surface area contributed by atoms with Crippen LogP contribution in [-0.4, -0.2) is 35.4 Å². The van der Waals surface area contributed by atoms with Crippen LogP contribution in [0.3, 0.4) is 0 Å². The van der Waals surface area contributed by atoms with Crippen LogP contribution in [0.4, 0.5) is 10.2 Å². The lowest BCUT2D eigenvalue weighted by atomic mass is 9.86. The van der Waals surface area contributed by atoms with E-state index in [0.29, 0.717) is 30.6 Å². The summed E-state index contributed by atoms with van der Waals surface area (Å²) in [5, 5.41) is 2.55. The Hall–Kier alpha value is -3.61. The van der Waals surface area contributed by atoms with Crippen LogP contribution in [0, 0.1) is 19.7 Å². The average molecular weight is 418 g/mol. The SMILES string of the molecule is CNC(=O)c1ccc(Cc2c(C)cc3c(c2C)C(=O)N(c2ncccc2F)CC3)cn1. The summed E-state index contributed by atoms with van der Waals surface area (Å²) in [4.78, 5) is 34.8. The summed E-state index contributed by atoms with van der Waals surface area (Å²) in [6.45, 7) is 4.36. The Bertz CT molecular complexity index is 1170. The molecule has 0 saturated heterocycles. The molecule has 3 aromatic rings. The molecule has 1 N–H and O–H groups in total. The van der Waals surface area contributed by atoms with Crippen LogP contribution in [-0.2, 0) is 12.8 Å². The second-order valence-electron chi connectivity index (χ2n) is 7.65. The van der Waals surface area contributed by atoms with Gasteiger partial charge in [0.2, 0.25) is 0 Å². The highest BCUT2D eigenvalue weighted by molar-refractivity contribution is 6.09. The minimum Gasteiger partial charge on any atom is -0.354 e. The van der Waals surface area contributed by atoms with Crippen LogP contribution >= 0.6 is 0 Å². The Morgan fingerprint density at radius 3 is 2.71 bits per heavy atom. The van der Waals surface area contributed by atoms with Gasteiger partial charge in [-0.05, 0) is 72.7 Å². The van der Waals surface area contributed by atoms with Crippen molar-refractivity contribution in [2.75, 3.05) is 18.5 Å². The van der Waals surface area contributed by atoms with Crippen LogP contribution in [0.5, 0.6) is 0 Å². The maximum atomic E-state index is 14.3. The number of benzene rings is 1. The van der Waals surface area contributed by atoms with E-state index >= 15 is 0 Å². The molecule has 0 aliphatic carbocycles. The number of carbonyl (C=O) groups excluding carboxylic acids is 2. The molecule has 7 heteroatoms. The van der Waals surface area contributed by atoms with Gasteiger partial charge in [-0.15, -0.1) is 0 Å². The maximum absolute atomic E-state index is 14.3. The monoisotopic (exact) mass is 418 g/mol. The summed E-state index contributed by atoms with van der Waals surface area (Å²) in [6.07, 6.45) is 4.39. The van der Waals surface area contributed by atoms with Crippen molar-refractivity contribution in [1.82, 2.24) is 15.3 Å². The lowest BCUT2D eigenvalue weighted by Crippen LogP contribution is -2.39. The number of nitrogens with one attached hydrogen (secondary N) is 1. The molecule has 2 amide bonds. The molecule has 2 aromatic heterocycles. The molecule has 0 spiro atoms. The van der Waals surface area contributed by atoms with Gasteiger partial charge in [0.1, 0.15) is 5.69 Å². The first-order valence-electron chi connectivity index (χ1n) is 10.1. The fraction of sp³-hybridized carbons (Fsp3) is 0.250. The number of amides is 2. The Balaban J connectivity index is 1.69. The highest BCUT2D eigenvalue weighted by Gasteiger charge is 2.30. The van der Waals surface area contributed by atoms with Gasteiger partial charge < -0.3 is 5.32 Å². The van der Waals surface area contributed by atoms with Gasteiger partial charge in [-0.2, -0.15) is 0 Å². The van der Waals surface area contributed by atoms with Gasteiger partial charge in [0.15, 0.2) is 11.6 Å². The molecule has 1 aromatic carbocycles. The minimum atomic E-state index is -0.508. The molecule has 1 aliphatic heterocycles. The van der Waals surface area contributed by atoms with Gasteiger partial charge in [-0.3, -0.25) is 19.5 Å². The first-order valence-corrected chi connectivity index (χ1v) is 10.1. The fourth-order valence-corrected chi connectivity index (χ4v) is 4.12. The predicted octanol–water partition coefficient (Wildman–Crippen LogP) is 3.39. The van der Waals surface area contributed by atoms with Gasteiger partial charge in [-0.1, -0.05) is 12.1 Å². The fourth-order valence-electron chi connectivity index (χ4n) is 4.12. The van der Waals surface area contributed by atoms with Crippen molar-refractivity contribution in [1.29, 1.82) is 0 Å². The lowest BCUT2D eigenvalue weighted by molar-refractivity contribution is 0.0955. The first kappa shape index (κ1) is 20.7. The Labute approximate surface area is 180 Å². The highest BCUT2D eigenvalue weighted by atomic mass is 19.1. The van der Waals surface area contributed by atoms with Gasteiger partial charge in [0.25, 0.3) is 11.8 Å². The zero-order valence-corrected chi connectivity index (χ0v) is 17.7. The number of hydrogen-bond donors (Lipinski definition) is 1. The molecule has 0 saturated carbocycles. The van der Waals surface area contributed by atoms with Crippen LogP contribution < -0.4 is 10.2 Å². The van der Waals surface area contributed by atoms with Crippen molar-refractivity contribution in [2.24, 2.45) is 0 Å². The first-order chi connectivity index (χ1) is 14.9. The quantitative estimate of drug-likeness (QED) is 0.705. The lowest BCUT2D eigenvalue weighted by Gasteiger charge is -2.30. The van der Waals surface area contributed by atoms with E-state index < -0.39 is 5.82 Å². The van der Waals surface area contributed by atoms with Crippen LogP contribution in [0.2, 0.25) is 0 Å². The Kier molecular flexibility index (Phi) is 5.50. The Morgan fingerprint density at radius 2 is 2.03 bits per heavy atom. The summed E-state index contributed by atoms with van der Waals surface area (Å²) < 4.78 is 14.3. The number of anilines is 1. The third-order valence-electron chi connectivity index (χ3n) is 5.74. The molecule has 0 atom stereocenters. The number of fused-ring (bicyclic) bond motifs is 1. The zero-order valence-electron chi connectivity index (χ0n) is 17.7. The van der Waals surface area contributed by atoms with Crippen molar-refractivity contribution in [3.05, 3.63) is 87.6 Å². The highest BCUT2D eigenvalue weighted by Crippen LogP contribution is 2.31. The van der Waals surface area contributed by atoms with Gasteiger partial charge >= 0.3 is 0 Å². The van der Waals surface area contributed by atoms with Crippen LogP contribution in [0.25, 0.3) is 0 Å². The van der Waals surface area contributed by atoms with Crippen molar-refractivity contribution in [3.8, 4) is 0 Å². The zero-order chi connectivity index (χ0) is 22.1. The van der Waals surface area contributed by atoms with E-state index in [1.807, 2.05) is 26.0 Å². The van der Waals surface area contributed by atoms with Crippen molar-refractivity contribution >= 4 is 17.6 Å². The van der Waals surface area contributed by atoms with E-state index in [1.165, 1.54) is 23.2 Å². The minimum absolute atomic E-state index is 0.0636. The number of pyridine rings is 2. The maximum Gasteiger partial charge on any atom is 0.269 e. The molecule has 1 aliphatic rings. The second kappa shape index (κ2) is 8.26. The van der Waals surface area contributed by atoms with Crippen LogP contribution in [0.1, 0.15) is 48.7 Å². The normalized spacial score (nSPS) is 13.2. The molecule has 158 valence electrons. The molecule has 0 radical (unpaired) electrons. The third kappa shape index (κ3) is 3.79. The summed E-state index contributed by atoms with van der Waals surface area (Å²) >= 11 is 0. The van der Waals surface area contributed by atoms with E-state index in [4.69, 9.17) is 0 Å². The topological polar surface area (TPSA) is 75.2 Å². The van der Waals surface area contributed by atoms with E-state index in [0.717, 1.165) is 27.8 Å². The van der Waals surface area contributed by atoms with Crippen LogP contribution in [0.15, 0.2) is 42.7 Å². The number of aryl methyl sites for hydroxylation is 1. The molecule has 0 bridgehead atoms. The van der Waals surface area contributed by atoms with Gasteiger partial charge in [0.05, 0.1) is 0 Å². The molecule has 0 unspecified atom stereocenters. The molecular formula is C24H23FN4O2. The number of nitrogens with zero attached hydrogens (tertiary/aromatic N) is 3. The molecular weight excluding hydrogens is 395 g/mol. The van der Waals surface area contributed by atoms with Gasteiger partial charge in [-0.25, -0.2) is 9.37 Å². The molecule has 3 heterocycles. The Morgan fingerprint density at radius 1 is 1.23 bits per heavy atom. The second-order valence-corrected chi connectivity index (χ2v) is 7.65. The summed E-state index contributed by atoms with van der Waals surface area (Å²) in [6, 6.07) is 8.43. The predicted molar refractivity (Wildman–Crippen MR) is 116 cm³/mol. The number of aromatic nitrogens is 2. The van der Waals surface area contributed by atoms with E-state index in [2.05, 4.69) is 15.3 Å². The third-order valence-corrected chi connectivity index (χ3v) is 5.74. The van der Waals surface area contributed by atoms with E-state index in [9.17, 15) is 14.0 Å². The van der Waals surface area contributed by atoms with Crippen molar-refractivity contribution in [3.63, 3.8) is 0 Å². The number of rotatable bonds is 4. The summed E-state index contributed by atoms with van der Waals surface area (Å²) in [5.74, 6) is -0.911. The largest absolute Gasteiger partial charge is 0.354 e. The van der Waals surface area contributed by atoms with Crippen molar-refractivity contribution < 1.29 is 14.0 Å². The summed E-state index contributed by atoms with van der Waals surface area (Å²) in [5.41, 5.74) is 5.90. The molecule has 4 rings (SSSR count). The molecule has 0 fully saturated rings. The number of halogens is 1. The number of carbonyl (C=O) groups is 2. The van der Waals surface area contributed by atoms with E-state index in [-0.39, 0.29) is 17.6 Å². The van der Waals surface area contributed by atoms with E-state index in [1.54, 1.807) is 19.3 Å². The number of hydrogen-bond acceptors (Lipinski definition) is 4.